The smallest absolute Gasteiger partial charge is 0.311 e. The predicted octanol–water partition coefficient (Wildman–Crippen LogP) is 0.691. The van der Waals surface area contributed by atoms with E-state index < -0.39 is 141 Å². The Bertz CT molecular complexity index is 1740. The molecule has 0 aromatic carbocycles. The predicted molar refractivity (Wildman–Crippen MR) is 254 cm³/mol. The first-order valence-corrected chi connectivity index (χ1v) is 24.0. The average molecular weight is 981 g/mol. The number of rotatable bonds is 7. The first kappa shape index (κ1) is 59.8. The summed E-state index contributed by atoms with van der Waals surface area (Å²) in [5.41, 5.74) is 5.64. The van der Waals surface area contributed by atoms with Crippen molar-refractivity contribution in [3.8, 4) is 0 Å². The van der Waals surface area contributed by atoms with Crippen LogP contribution in [0.5, 0.6) is 0 Å². The number of aliphatic hydroxyl groups is 10. The molecule has 392 valence electrons. The molecule has 3 aliphatic heterocycles. The van der Waals surface area contributed by atoms with Crippen molar-refractivity contribution >= 4 is 11.9 Å². The van der Waals surface area contributed by atoms with Gasteiger partial charge in [0.2, 0.25) is 0 Å². The summed E-state index contributed by atoms with van der Waals surface area (Å²) in [4.78, 5) is 25.2. The third-order valence-electron chi connectivity index (χ3n) is 12.7. The molecule has 2 bridgehead atoms. The summed E-state index contributed by atoms with van der Waals surface area (Å²) < 4.78 is 23.6. The van der Waals surface area contributed by atoms with Gasteiger partial charge in [0.25, 0.3) is 0 Å². The van der Waals surface area contributed by atoms with Crippen molar-refractivity contribution in [2.24, 2.45) is 23.5 Å². The van der Waals surface area contributed by atoms with Crippen molar-refractivity contribution in [1.29, 1.82) is 0 Å². The molecule has 69 heavy (non-hydrogen) atoms. The van der Waals surface area contributed by atoms with Gasteiger partial charge < -0.3 is 86.2 Å². The maximum atomic E-state index is 12.6. The van der Waals surface area contributed by atoms with Crippen molar-refractivity contribution in [3.05, 3.63) is 85.1 Å². The van der Waals surface area contributed by atoms with Crippen LogP contribution >= 0.6 is 0 Å². The van der Waals surface area contributed by atoms with E-state index in [0.717, 1.165) is 0 Å². The van der Waals surface area contributed by atoms with Crippen LogP contribution in [0, 0.1) is 17.8 Å². The monoisotopic (exact) mass is 981 g/mol. The van der Waals surface area contributed by atoms with E-state index in [9.17, 15) is 65.8 Å². The van der Waals surface area contributed by atoms with Gasteiger partial charge in [0.1, 0.15) is 18.1 Å². The summed E-state index contributed by atoms with van der Waals surface area (Å²) in [5, 5.41) is 123. The number of allylic oxidation sites excluding steroid dienone is 12. The average Bonchev–Trinajstić information content (AvgIpc) is 3.26. The topological polar surface area (TPSA) is 332 Å². The number of carboxylic acids is 1. The van der Waals surface area contributed by atoms with Gasteiger partial charge in [-0.1, -0.05) is 98.9 Å². The number of aliphatic hydroxyl groups excluding tert-OH is 9. The Balaban J connectivity index is 1.89. The number of cyclic esters (lactones) is 1. The number of carbonyl (C=O) groups excluding carboxylic acids is 1. The van der Waals surface area contributed by atoms with Gasteiger partial charge in [-0.3, -0.25) is 9.59 Å². The SMILES string of the molecule is C[C@@H]1[C@H](O)[C@@H](C)/C=C/C=C/C=C/C=C/C=C/C=C/C=C/[C@H](O[C@@H]2O[C@H](C)[C@@H](O)[C@H](NCCCN)[C@@H]2O)CC2O[C@](O)(C[C@@H](O)[C@H](O)CC[C@@H](O)CC(O)C[C@@H](O)CC(=O)O[C@H]1C)C[C@H](O)[C@H]2C(=O)O. The lowest BCUT2D eigenvalue weighted by molar-refractivity contribution is -0.310. The Morgan fingerprint density at radius 3 is 1.87 bits per heavy atom. The first-order chi connectivity index (χ1) is 32.7. The van der Waals surface area contributed by atoms with Crippen LogP contribution in [0.2, 0.25) is 0 Å². The number of ether oxygens (including phenoxy) is 4. The van der Waals surface area contributed by atoms with Crippen LogP contribution in [-0.4, -0.2) is 179 Å². The maximum Gasteiger partial charge on any atom is 0.311 e. The summed E-state index contributed by atoms with van der Waals surface area (Å²) in [7, 11) is 0. The minimum Gasteiger partial charge on any atom is -0.481 e. The fourth-order valence-corrected chi connectivity index (χ4v) is 8.53. The van der Waals surface area contributed by atoms with Gasteiger partial charge in [0.15, 0.2) is 12.1 Å². The number of nitrogens with two attached hydrogens (primary N) is 1. The Kier molecular flexibility index (Phi) is 26.4. The van der Waals surface area contributed by atoms with E-state index in [1.54, 1.807) is 81.5 Å². The molecule has 2 saturated heterocycles. The van der Waals surface area contributed by atoms with Crippen LogP contribution in [0.15, 0.2) is 85.1 Å². The summed E-state index contributed by atoms with van der Waals surface area (Å²) in [6.45, 7) is 7.56. The van der Waals surface area contributed by atoms with E-state index in [-0.39, 0.29) is 38.0 Å². The van der Waals surface area contributed by atoms with Gasteiger partial charge in [-0.25, -0.2) is 0 Å². The molecule has 0 aromatic rings. The van der Waals surface area contributed by atoms with Crippen molar-refractivity contribution in [1.82, 2.24) is 5.32 Å². The quantitative estimate of drug-likeness (QED) is 0.123. The standard InChI is InChI=1S/C50H80N2O17/c1-30-18-15-13-11-9-7-5-6-8-10-12-14-16-19-37(68-49-47(62)44(52-23-17-22-51)46(61)33(4)67-49)27-41-43(48(63)64)40(58)29-50(65,69-41)28-39(57)38(56)21-20-34(53)24-35(54)25-36(55)26-42(59)66-32(3)31(2)45(30)60/h5-16,18-19,30-41,43-47,49,52-58,60-62,65H,17,20-29,51H2,1-4H3,(H,63,64)/b6-5+,9-7+,10-8+,13-11+,14-12+,18-15+,19-16+/t30-,31-,32-,33+,34+,35?,36+,37-,38+,39+,40-,41?,43+,44-,45+,46+,47-,49-,50+/m0/s1. The summed E-state index contributed by atoms with van der Waals surface area (Å²) >= 11 is 0. The van der Waals surface area contributed by atoms with Crippen LogP contribution in [0.3, 0.4) is 0 Å². The Morgan fingerprint density at radius 1 is 0.710 bits per heavy atom. The second kappa shape index (κ2) is 30.4. The highest BCUT2D eigenvalue weighted by Gasteiger charge is 2.51. The molecule has 0 spiro atoms. The number of hydrogen-bond acceptors (Lipinski definition) is 18. The molecule has 3 aliphatic rings. The van der Waals surface area contributed by atoms with Gasteiger partial charge in [0, 0.05) is 31.1 Å². The molecule has 0 amide bonds. The van der Waals surface area contributed by atoms with Crippen LogP contribution in [0.4, 0.5) is 0 Å². The van der Waals surface area contributed by atoms with Gasteiger partial charge in [-0.15, -0.1) is 0 Å². The Hall–Kier alpha value is -3.48. The van der Waals surface area contributed by atoms with Crippen molar-refractivity contribution in [3.63, 3.8) is 0 Å². The Labute approximate surface area is 405 Å². The summed E-state index contributed by atoms with van der Waals surface area (Å²) in [5.74, 6) is -6.88. The van der Waals surface area contributed by atoms with Crippen LogP contribution < -0.4 is 11.1 Å². The number of nitrogens with one attached hydrogen (secondary N) is 1. The lowest BCUT2D eigenvalue weighted by Gasteiger charge is -2.45. The van der Waals surface area contributed by atoms with E-state index in [2.05, 4.69) is 5.32 Å². The van der Waals surface area contributed by atoms with E-state index in [0.29, 0.717) is 19.5 Å². The molecule has 0 radical (unpaired) electrons. The normalized spacial score (nSPS) is 43.6. The molecule has 0 aromatic heterocycles. The van der Waals surface area contributed by atoms with E-state index in [1.165, 1.54) is 0 Å². The van der Waals surface area contributed by atoms with Crippen LogP contribution in [0.25, 0.3) is 0 Å². The zero-order valence-corrected chi connectivity index (χ0v) is 40.2. The van der Waals surface area contributed by atoms with E-state index in [1.807, 2.05) is 31.2 Å². The molecule has 19 nitrogen and oxygen atoms in total. The third-order valence-corrected chi connectivity index (χ3v) is 12.7. The minimum absolute atomic E-state index is 0.141. The second-order valence-corrected chi connectivity index (χ2v) is 18.6. The fraction of sp³-hybridized carbons (Fsp3) is 0.680. The highest BCUT2D eigenvalue weighted by Crippen LogP contribution is 2.38. The number of esters is 1. The fourth-order valence-electron chi connectivity index (χ4n) is 8.53. The number of aliphatic carboxylic acids is 1. The molecular formula is C50H80N2O17. The number of hydrogen-bond donors (Lipinski definition) is 13. The maximum absolute atomic E-state index is 12.6. The van der Waals surface area contributed by atoms with Gasteiger partial charge >= 0.3 is 11.9 Å². The van der Waals surface area contributed by atoms with Crippen molar-refractivity contribution in [2.45, 2.75) is 183 Å². The van der Waals surface area contributed by atoms with Gasteiger partial charge in [0.05, 0.1) is 79.6 Å². The lowest BCUT2D eigenvalue weighted by atomic mass is 9.82. The van der Waals surface area contributed by atoms with Crippen LogP contribution in [0.1, 0.15) is 85.5 Å². The second-order valence-electron chi connectivity index (χ2n) is 18.6. The van der Waals surface area contributed by atoms with Gasteiger partial charge in [-0.05, 0) is 59.0 Å². The van der Waals surface area contributed by atoms with Crippen molar-refractivity contribution < 1.29 is 84.7 Å². The number of fused-ring (bicyclic) bond motifs is 2. The molecule has 14 N–H and O–H groups in total. The van der Waals surface area contributed by atoms with Gasteiger partial charge in [-0.2, -0.15) is 0 Å². The minimum atomic E-state index is -2.36. The molecule has 19 heteroatoms. The molecule has 0 aliphatic carbocycles. The molecule has 2 fully saturated rings. The number of carbonyl (C=O) groups is 2. The lowest BCUT2D eigenvalue weighted by Crippen LogP contribution is -2.63. The third kappa shape index (κ3) is 20.6. The van der Waals surface area contributed by atoms with Crippen molar-refractivity contribution in [2.75, 3.05) is 13.1 Å². The highest BCUT2D eigenvalue weighted by molar-refractivity contribution is 5.71. The molecular weight excluding hydrogens is 901 g/mol. The zero-order valence-electron chi connectivity index (χ0n) is 40.2. The number of carboxylic acid groups (broad SMARTS) is 1. The Morgan fingerprint density at radius 2 is 1.28 bits per heavy atom. The first-order valence-electron chi connectivity index (χ1n) is 24.0. The van der Waals surface area contributed by atoms with E-state index in [4.69, 9.17) is 24.7 Å². The molecule has 19 atom stereocenters. The van der Waals surface area contributed by atoms with Crippen LogP contribution in [-0.2, 0) is 28.5 Å². The largest absolute Gasteiger partial charge is 0.481 e. The molecule has 3 heterocycles. The zero-order chi connectivity index (χ0) is 51.3. The molecule has 0 saturated carbocycles. The molecule has 3 rings (SSSR count). The summed E-state index contributed by atoms with van der Waals surface area (Å²) in [6.07, 6.45) is 4.46. The van der Waals surface area contributed by atoms with E-state index >= 15 is 0 Å². The molecule has 2 unspecified atom stereocenters. The highest BCUT2D eigenvalue weighted by atomic mass is 16.7. The summed E-state index contributed by atoms with van der Waals surface area (Å²) in [6, 6.07) is -0.884.